The van der Waals surface area contributed by atoms with E-state index in [1.165, 1.54) is 6.07 Å². The highest BCUT2D eigenvalue weighted by Crippen LogP contribution is 2.26. The van der Waals surface area contributed by atoms with Gasteiger partial charge in [-0.3, -0.25) is 4.99 Å². The van der Waals surface area contributed by atoms with Crippen LogP contribution in [0.1, 0.15) is 16.7 Å². The summed E-state index contributed by atoms with van der Waals surface area (Å²) in [4.78, 5) is 4.49. The third kappa shape index (κ3) is 4.63. The minimum atomic E-state index is -0.300. The van der Waals surface area contributed by atoms with E-state index in [4.69, 9.17) is 27.9 Å². The number of rotatable bonds is 5. The molecule has 132 valence electrons. The van der Waals surface area contributed by atoms with E-state index < -0.39 is 0 Å². The molecule has 3 aromatic carbocycles. The van der Waals surface area contributed by atoms with Crippen LogP contribution in [-0.2, 0) is 6.61 Å². The van der Waals surface area contributed by atoms with Crippen LogP contribution in [0.5, 0.6) is 5.75 Å². The first-order valence-corrected chi connectivity index (χ1v) is 8.74. The van der Waals surface area contributed by atoms with Crippen LogP contribution in [0.4, 0.5) is 10.1 Å². The lowest BCUT2D eigenvalue weighted by atomic mass is 10.2. The number of hydrogen-bond acceptors (Lipinski definition) is 2. The first kappa shape index (κ1) is 18.4. The number of ether oxygens (including phenoxy) is 1. The van der Waals surface area contributed by atoms with Gasteiger partial charge in [0, 0.05) is 27.4 Å². The number of nitrogens with zero attached hydrogens (tertiary/aromatic N) is 1. The molecule has 26 heavy (non-hydrogen) atoms. The average molecular weight is 388 g/mol. The Labute approximate surface area is 161 Å². The van der Waals surface area contributed by atoms with Crippen LogP contribution < -0.4 is 4.74 Å². The van der Waals surface area contributed by atoms with Crippen molar-refractivity contribution in [1.82, 2.24) is 0 Å². The zero-order chi connectivity index (χ0) is 18.5. The first-order valence-electron chi connectivity index (χ1n) is 7.99. The van der Waals surface area contributed by atoms with Gasteiger partial charge in [-0.05, 0) is 48.9 Å². The van der Waals surface area contributed by atoms with Crippen LogP contribution in [0.2, 0.25) is 10.0 Å². The third-order valence-electron chi connectivity index (χ3n) is 3.83. The fourth-order valence-corrected chi connectivity index (χ4v) is 2.73. The smallest absolute Gasteiger partial charge is 0.129 e. The molecule has 5 heteroatoms. The second-order valence-electron chi connectivity index (χ2n) is 5.75. The standard InChI is InChI=1S/C21H16Cl2FNO/c1-14-6-7-18(23)11-20(14)25-12-16-10-17(22)8-9-21(16)26-13-15-4-2-3-5-19(15)24/h2-12H,13H2,1H3. The van der Waals surface area contributed by atoms with Gasteiger partial charge in [-0.1, -0.05) is 47.5 Å². The maximum atomic E-state index is 13.8. The molecule has 0 fully saturated rings. The van der Waals surface area contributed by atoms with E-state index in [1.807, 2.05) is 19.1 Å². The maximum Gasteiger partial charge on any atom is 0.129 e. The minimum absolute atomic E-state index is 0.116. The summed E-state index contributed by atoms with van der Waals surface area (Å²) in [5.74, 6) is 0.271. The Morgan fingerprint density at radius 2 is 1.73 bits per heavy atom. The fraction of sp³-hybridized carbons (Fsp3) is 0.0952. The summed E-state index contributed by atoms with van der Waals surface area (Å²) >= 11 is 12.1. The molecule has 0 N–H and O–H groups in total. The number of aliphatic imine (C=N–C) groups is 1. The highest BCUT2D eigenvalue weighted by Gasteiger charge is 2.07. The fourth-order valence-electron chi connectivity index (χ4n) is 2.38. The molecule has 0 spiro atoms. The molecule has 3 rings (SSSR count). The molecule has 0 aromatic heterocycles. The Bertz CT molecular complexity index is 956. The number of aryl methyl sites for hydroxylation is 1. The Morgan fingerprint density at radius 1 is 1.00 bits per heavy atom. The highest BCUT2D eigenvalue weighted by molar-refractivity contribution is 6.31. The molecular formula is C21H16Cl2FNO. The average Bonchev–Trinajstić information content (AvgIpc) is 2.63. The van der Waals surface area contributed by atoms with Crippen LogP contribution in [-0.4, -0.2) is 6.21 Å². The van der Waals surface area contributed by atoms with E-state index >= 15 is 0 Å². The van der Waals surface area contributed by atoms with Gasteiger partial charge in [0.25, 0.3) is 0 Å². The minimum Gasteiger partial charge on any atom is -0.488 e. The summed E-state index contributed by atoms with van der Waals surface area (Å²) in [5, 5.41) is 1.18. The summed E-state index contributed by atoms with van der Waals surface area (Å²) in [7, 11) is 0. The van der Waals surface area contributed by atoms with Crippen molar-refractivity contribution in [1.29, 1.82) is 0 Å². The van der Waals surface area contributed by atoms with Crippen molar-refractivity contribution in [3.05, 3.63) is 93.2 Å². The van der Waals surface area contributed by atoms with Crippen LogP contribution in [0.25, 0.3) is 0 Å². The molecule has 0 atom stereocenters. The largest absolute Gasteiger partial charge is 0.488 e. The van der Waals surface area contributed by atoms with Gasteiger partial charge < -0.3 is 4.74 Å². The van der Waals surface area contributed by atoms with E-state index in [2.05, 4.69) is 4.99 Å². The summed E-state index contributed by atoms with van der Waals surface area (Å²) in [5.41, 5.74) is 2.95. The lowest BCUT2D eigenvalue weighted by Gasteiger charge is -2.10. The zero-order valence-corrected chi connectivity index (χ0v) is 15.6. The lowest BCUT2D eigenvalue weighted by Crippen LogP contribution is -2.00. The second kappa shape index (κ2) is 8.35. The third-order valence-corrected chi connectivity index (χ3v) is 4.30. The number of benzene rings is 3. The molecule has 0 radical (unpaired) electrons. The van der Waals surface area contributed by atoms with Crippen molar-refractivity contribution in [3.8, 4) is 5.75 Å². The molecular weight excluding hydrogens is 372 g/mol. The predicted molar refractivity (Wildman–Crippen MR) is 106 cm³/mol. The lowest BCUT2D eigenvalue weighted by molar-refractivity contribution is 0.299. The van der Waals surface area contributed by atoms with Crippen LogP contribution in [0.15, 0.2) is 65.7 Å². The Morgan fingerprint density at radius 3 is 2.54 bits per heavy atom. The van der Waals surface area contributed by atoms with E-state index in [0.717, 1.165) is 11.3 Å². The normalized spacial score (nSPS) is 11.1. The zero-order valence-electron chi connectivity index (χ0n) is 14.0. The molecule has 2 nitrogen and oxygen atoms in total. The van der Waals surface area contributed by atoms with Crippen molar-refractivity contribution < 1.29 is 9.13 Å². The quantitative estimate of drug-likeness (QED) is 0.442. The Balaban J connectivity index is 1.85. The van der Waals surface area contributed by atoms with Crippen molar-refractivity contribution in [2.45, 2.75) is 13.5 Å². The molecule has 0 aliphatic carbocycles. The van der Waals surface area contributed by atoms with Gasteiger partial charge in [-0.25, -0.2) is 4.39 Å². The van der Waals surface area contributed by atoms with Gasteiger partial charge >= 0.3 is 0 Å². The molecule has 0 bridgehead atoms. The number of halogens is 3. The summed E-state index contributed by atoms with van der Waals surface area (Å²) in [6.07, 6.45) is 1.67. The summed E-state index contributed by atoms with van der Waals surface area (Å²) in [6.45, 7) is 2.07. The maximum absolute atomic E-state index is 13.8. The SMILES string of the molecule is Cc1ccc(Cl)cc1N=Cc1cc(Cl)ccc1OCc1ccccc1F. The highest BCUT2D eigenvalue weighted by atomic mass is 35.5. The molecule has 3 aromatic rings. The molecule has 0 amide bonds. The van der Waals surface area contributed by atoms with Gasteiger partial charge in [0.05, 0.1) is 5.69 Å². The summed E-state index contributed by atoms with van der Waals surface area (Å²) < 4.78 is 19.6. The molecule has 0 unspecified atom stereocenters. The molecule has 0 aliphatic rings. The Hall–Kier alpha value is -2.36. The van der Waals surface area contributed by atoms with Crippen molar-refractivity contribution in [3.63, 3.8) is 0 Å². The molecule has 0 saturated heterocycles. The van der Waals surface area contributed by atoms with Crippen LogP contribution in [0, 0.1) is 12.7 Å². The number of hydrogen-bond donors (Lipinski definition) is 0. The van der Waals surface area contributed by atoms with Gasteiger partial charge in [0.1, 0.15) is 18.2 Å². The molecule has 0 aliphatic heterocycles. The van der Waals surface area contributed by atoms with E-state index in [-0.39, 0.29) is 12.4 Å². The Kier molecular flexibility index (Phi) is 5.92. The van der Waals surface area contributed by atoms with Gasteiger partial charge in [0.15, 0.2) is 0 Å². The van der Waals surface area contributed by atoms with Gasteiger partial charge in [-0.2, -0.15) is 0 Å². The molecule has 0 heterocycles. The topological polar surface area (TPSA) is 21.6 Å². The van der Waals surface area contributed by atoms with Gasteiger partial charge in [0.2, 0.25) is 0 Å². The monoisotopic (exact) mass is 387 g/mol. The van der Waals surface area contributed by atoms with Gasteiger partial charge in [-0.15, -0.1) is 0 Å². The molecule has 0 saturated carbocycles. The predicted octanol–water partition coefficient (Wildman–Crippen LogP) is 6.77. The van der Waals surface area contributed by atoms with Crippen LogP contribution in [0.3, 0.4) is 0 Å². The van der Waals surface area contributed by atoms with Crippen molar-refractivity contribution >= 4 is 35.1 Å². The second-order valence-corrected chi connectivity index (χ2v) is 6.62. The van der Waals surface area contributed by atoms with E-state index in [1.54, 1.807) is 48.7 Å². The van der Waals surface area contributed by atoms with E-state index in [0.29, 0.717) is 26.9 Å². The van der Waals surface area contributed by atoms with Crippen LogP contribution >= 0.6 is 23.2 Å². The summed E-state index contributed by atoms with van der Waals surface area (Å²) in [6, 6.07) is 17.2. The first-order chi connectivity index (χ1) is 12.5. The van der Waals surface area contributed by atoms with Crippen molar-refractivity contribution in [2.75, 3.05) is 0 Å². The van der Waals surface area contributed by atoms with Crippen molar-refractivity contribution in [2.24, 2.45) is 4.99 Å². The van der Waals surface area contributed by atoms with E-state index in [9.17, 15) is 4.39 Å².